The first kappa shape index (κ1) is 11.1. The third-order valence-electron chi connectivity index (χ3n) is 3.80. The maximum Gasteiger partial charge on any atom is 0.125 e. The summed E-state index contributed by atoms with van der Waals surface area (Å²) in [4.78, 5) is 2.51. The highest BCUT2D eigenvalue weighted by Gasteiger charge is 2.35. The summed E-state index contributed by atoms with van der Waals surface area (Å²) in [6.45, 7) is 5.97. The van der Waals surface area contributed by atoms with Gasteiger partial charge in [-0.05, 0) is 19.0 Å². The first-order chi connectivity index (χ1) is 8.40. The molecule has 1 aromatic carbocycles. The standard InChI is InChI=1S/C14H19NO2/c1-2-15-8-10-17-14-11-5-3-4-6-13(11)16-9-7-12(14)15/h3-6,12,14H,2,7-10H2,1H3/t12-,14-/m0/s1. The monoisotopic (exact) mass is 233 g/mol. The third-order valence-corrected chi connectivity index (χ3v) is 3.80. The number of benzene rings is 1. The lowest BCUT2D eigenvalue weighted by Crippen LogP contribution is -2.46. The van der Waals surface area contributed by atoms with Gasteiger partial charge in [0.15, 0.2) is 0 Å². The minimum atomic E-state index is 0.183. The molecule has 1 fully saturated rings. The number of morpholine rings is 1. The Morgan fingerprint density at radius 3 is 3.06 bits per heavy atom. The number of para-hydroxylation sites is 1. The smallest absolute Gasteiger partial charge is 0.125 e. The van der Waals surface area contributed by atoms with Gasteiger partial charge >= 0.3 is 0 Å². The predicted octanol–water partition coefficient (Wildman–Crippen LogP) is 2.23. The number of fused-ring (bicyclic) bond motifs is 3. The number of ether oxygens (including phenoxy) is 2. The largest absolute Gasteiger partial charge is 0.493 e. The first-order valence-corrected chi connectivity index (χ1v) is 6.47. The Hall–Kier alpha value is -1.06. The zero-order valence-electron chi connectivity index (χ0n) is 10.3. The van der Waals surface area contributed by atoms with Crippen molar-refractivity contribution in [3.05, 3.63) is 29.8 Å². The lowest BCUT2D eigenvalue weighted by Gasteiger charge is -2.39. The Morgan fingerprint density at radius 1 is 1.29 bits per heavy atom. The van der Waals surface area contributed by atoms with Crippen LogP contribution in [0.1, 0.15) is 25.0 Å². The number of hydrogen-bond acceptors (Lipinski definition) is 3. The maximum absolute atomic E-state index is 6.00. The summed E-state index contributed by atoms with van der Waals surface area (Å²) in [5, 5.41) is 0. The summed E-state index contributed by atoms with van der Waals surface area (Å²) in [6.07, 6.45) is 1.23. The van der Waals surface area contributed by atoms with Crippen molar-refractivity contribution in [3.63, 3.8) is 0 Å². The van der Waals surface area contributed by atoms with Crippen LogP contribution in [0.3, 0.4) is 0 Å². The Bertz CT molecular complexity index is 394. The Balaban J connectivity index is 1.97. The molecule has 2 atom stereocenters. The molecule has 17 heavy (non-hydrogen) atoms. The van der Waals surface area contributed by atoms with Gasteiger partial charge in [0.2, 0.25) is 0 Å². The second-order valence-corrected chi connectivity index (χ2v) is 4.66. The van der Waals surface area contributed by atoms with Gasteiger partial charge in [-0.2, -0.15) is 0 Å². The van der Waals surface area contributed by atoms with Gasteiger partial charge < -0.3 is 9.47 Å². The van der Waals surface area contributed by atoms with Crippen LogP contribution in [-0.4, -0.2) is 37.2 Å². The molecule has 3 nitrogen and oxygen atoms in total. The molecule has 0 aliphatic carbocycles. The predicted molar refractivity (Wildman–Crippen MR) is 66.3 cm³/mol. The van der Waals surface area contributed by atoms with E-state index in [9.17, 15) is 0 Å². The molecule has 0 radical (unpaired) electrons. The third kappa shape index (κ3) is 1.94. The molecule has 0 bridgehead atoms. The van der Waals surface area contributed by atoms with E-state index in [1.165, 1.54) is 5.56 Å². The fourth-order valence-electron chi connectivity index (χ4n) is 2.93. The van der Waals surface area contributed by atoms with E-state index in [-0.39, 0.29) is 6.10 Å². The van der Waals surface area contributed by atoms with E-state index in [2.05, 4.69) is 24.0 Å². The van der Waals surface area contributed by atoms with Gasteiger partial charge in [-0.3, -0.25) is 4.90 Å². The minimum Gasteiger partial charge on any atom is -0.493 e. The van der Waals surface area contributed by atoms with Gasteiger partial charge in [-0.25, -0.2) is 0 Å². The summed E-state index contributed by atoms with van der Waals surface area (Å²) in [7, 11) is 0. The van der Waals surface area contributed by atoms with Crippen LogP contribution < -0.4 is 4.74 Å². The van der Waals surface area contributed by atoms with E-state index in [1.807, 2.05) is 12.1 Å². The molecule has 2 aliphatic heterocycles. The Kier molecular flexibility index (Phi) is 3.04. The molecule has 0 aromatic heterocycles. The van der Waals surface area contributed by atoms with Gasteiger partial charge in [0.05, 0.1) is 13.2 Å². The Morgan fingerprint density at radius 2 is 2.18 bits per heavy atom. The molecule has 0 amide bonds. The molecule has 0 spiro atoms. The number of nitrogens with zero attached hydrogens (tertiary/aromatic N) is 1. The van der Waals surface area contributed by atoms with Crippen LogP contribution in [-0.2, 0) is 4.74 Å². The van der Waals surface area contributed by atoms with Crippen LogP contribution in [0, 0.1) is 0 Å². The van der Waals surface area contributed by atoms with Gasteiger partial charge in [0, 0.05) is 18.2 Å². The van der Waals surface area contributed by atoms with Gasteiger partial charge in [-0.1, -0.05) is 25.1 Å². The number of hydrogen-bond donors (Lipinski definition) is 0. The molecule has 1 aromatic rings. The van der Waals surface area contributed by atoms with Crippen molar-refractivity contribution in [3.8, 4) is 5.75 Å². The van der Waals surface area contributed by atoms with Crippen LogP contribution in [0.25, 0.3) is 0 Å². The molecular weight excluding hydrogens is 214 g/mol. The van der Waals surface area contributed by atoms with E-state index in [0.29, 0.717) is 6.04 Å². The van der Waals surface area contributed by atoms with Crippen LogP contribution in [0.2, 0.25) is 0 Å². The van der Waals surface area contributed by atoms with Crippen molar-refractivity contribution in [2.75, 3.05) is 26.3 Å². The van der Waals surface area contributed by atoms with Crippen molar-refractivity contribution >= 4 is 0 Å². The number of likely N-dealkylation sites (N-methyl/N-ethyl adjacent to an activating group) is 1. The number of rotatable bonds is 1. The SMILES string of the molecule is CCN1CCO[C@H]2c3ccccc3OCC[C@@H]21. The van der Waals surface area contributed by atoms with E-state index in [1.54, 1.807) is 0 Å². The fraction of sp³-hybridized carbons (Fsp3) is 0.571. The first-order valence-electron chi connectivity index (χ1n) is 6.47. The molecule has 2 aliphatic rings. The highest BCUT2D eigenvalue weighted by atomic mass is 16.5. The van der Waals surface area contributed by atoms with Gasteiger partial charge in [0.25, 0.3) is 0 Å². The average Bonchev–Trinajstić information content (AvgIpc) is 2.58. The molecule has 1 saturated heterocycles. The minimum absolute atomic E-state index is 0.183. The fourth-order valence-corrected chi connectivity index (χ4v) is 2.93. The zero-order chi connectivity index (χ0) is 11.7. The van der Waals surface area contributed by atoms with Crippen LogP contribution in [0.4, 0.5) is 0 Å². The molecule has 3 rings (SSSR count). The quantitative estimate of drug-likeness (QED) is 0.742. The molecule has 3 heteroatoms. The van der Waals surface area contributed by atoms with Crippen LogP contribution in [0.5, 0.6) is 5.75 Å². The maximum atomic E-state index is 6.00. The second-order valence-electron chi connectivity index (χ2n) is 4.66. The van der Waals surface area contributed by atoms with Crippen molar-refractivity contribution < 1.29 is 9.47 Å². The van der Waals surface area contributed by atoms with Crippen LogP contribution in [0.15, 0.2) is 24.3 Å². The van der Waals surface area contributed by atoms with Crippen molar-refractivity contribution in [1.29, 1.82) is 0 Å². The highest BCUT2D eigenvalue weighted by molar-refractivity contribution is 5.37. The van der Waals surface area contributed by atoms with Gasteiger partial charge in [0.1, 0.15) is 11.9 Å². The van der Waals surface area contributed by atoms with Gasteiger partial charge in [-0.15, -0.1) is 0 Å². The van der Waals surface area contributed by atoms with Crippen molar-refractivity contribution in [2.45, 2.75) is 25.5 Å². The molecule has 0 saturated carbocycles. The van der Waals surface area contributed by atoms with Crippen LogP contribution >= 0.6 is 0 Å². The van der Waals surface area contributed by atoms with E-state index in [4.69, 9.17) is 9.47 Å². The van der Waals surface area contributed by atoms with E-state index >= 15 is 0 Å². The highest BCUT2D eigenvalue weighted by Crippen LogP contribution is 2.37. The summed E-state index contributed by atoms with van der Waals surface area (Å²) < 4.78 is 11.8. The lowest BCUT2D eigenvalue weighted by molar-refractivity contribution is -0.0724. The van der Waals surface area contributed by atoms with E-state index < -0.39 is 0 Å². The summed E-state index contributed by atoms with van der Waals surface area (Å²) in [5.41, 5.74) is 1.22. The Labute approximate surface area is 102 Å². The summed E-state index contributed by atoms with van der Waals surface area (Å²) in [6, 6.07) is 8.75. The molecule has 0 unspecified atom stereocenters. The molecule has 92 valence electrons. The molecule has 2 heterocycles. The molecule has 0 N–H and O–H groups in total. The average molecular weight is 233 g/mol. The second kappa shape index (κ2) is 4.67. The normalized spacial score (nSPS) is 28.8. The zero-order valence-corrected chi connectivity index (χ0v) is 10.3. The van der Waals surface area contributed by atoms with E-state index in [0.717, 1.165) is 38.5 Å². The van der Waals surface area contributed by atoms with Crippen molar-refractivity contribution in [1.82, 2.24) is 4.90 Å². The summed E-state index contributed by atoms with van der Waals surface area (Å²) >= 11 is 0. The summed E-state index contributed by atoms with van der Waals surface area (Å²) in [5.74, 6) is 0.998. The lowest BCUT2D eigenvalue weighted by atomic mass is 9.97. The molecular formula is C14H19NO2. The van der Waals surface area contributed by atoms with Crippen molar-refractivity contribution in [2.24, 2.45) is 0 Å². The topological polar surface area (TPSA) is 21.7 Å².